The second kappa shape index (κ2) is 6.88. The highest BCUT2D eigenvalue weighted by Crippen LogP contribution is 2.32. The quantitative estimate of drug-likeness (QED) is 0.637. The fourth-order valence-corrected chi connectivity index (χ4v) is 1.86. The molecule has 0 saturated heterocycles. The van der Waals surface area contributed by atoms with Crippen LogP contribution in [0.2, 0.25) is 0 Å². The molecule has 112 valence electrons. The van der Waals surface area contributed by atoms with Crippen molar-refractivity contribution in [2.24, 2.45) is 5.92 Å². The summed E-state index contributed by atoms with van der Waals surface area (Å²) >= 11 is 0. The number of Topliss-reactive ketones (excluding diaryl/α,β-unsaturated/α-hetero) is 1. The van der Waals surface area contributed by atoms with E-state index in [1.165, 1.54) is 7.11 Å². The lowest BCUT2D eigenvalue weighted by Gasteiger charge is -2.15. The van der Waals surface area contributed by atoms with E-state index in [0.717, 1.165) is 12.8 Å². The van der Waals surface area contributed by atoms with E-state index in [9.17, 15) is 14.4 Å². The lowest BCUT2D eigenvalue weighted by molar-refractivity contribution is -0.146. The number of carbonyl (C=O) groups is 3. The summed E-state index contributed by atoms with van der Waals surface area (Å²) in [5.74, 6) is -0.495. The van der Waals surface area contributed by atoms with Crippen LogP contribution < -0.4 is 10.1 Å². The molecule has 1 N–H and O–H groups in total. The van der Waals surface area contributed by atoms with Gasteiger partial charge in [-0.2, -0.15) is 0 Å². The predicted molar refractivity (Wildman–Crippen MR) is 73.8 cm³/mol. The number of carbonyl (C=O) groups excluding carboxylic acids is 3. The highest BCUT2D eigenvalue weighted by Gasteiger charge is 2.34. The second-order valence-electron chi connectivity index (χ2n) is 4.92. The minimum Gasteiger partial charge on any atom is -0.467 e. The number of benzene rings is 1. The molecule has 0 spiro atoms. The van der Waals surface area contributed by atoms with E-state index in [1.807, 2.05) is 0 Å². The average Bonchev–Trinajstić information content (AvgIpc) is 3.29. The van der Waals surface area contributed by atoms with E-state index < -0.39 is 18.1 Å². The maximum absolute atomic E-state index is 12.0. The van der Waals surface area contributed by atoms with E-state index >= 15 is 0 Å². The summed E-state index contributed by atoms with van der Waals surface area (Å²) in [4.78, 5) is 35.4. The second-order valence-corrected chi connectivity index (χ2v) is 4.92. The van der Waals surface area contributed by atoms with Crippen LogP contribution >= 0.6 is 0 Å². The first kappa shape index (κ1) is 15.0. The van der Waals surface area contributed by atoms with Gasteiger partial charge in [-0.1, -0.05) is 18.2 Å². The van der Waals surface area contributed by atoms with E-state index in [1.54, 1.807) is 30.3 Å². The van der Waals surface area contributed by atoms with Crippen molar-refractivity contribution in [3.63, 3.8) is 0 Å². The third kappa shape index (κ3) is 4.59. The van der Waals surface area contributed by atoms with Crippen molar-refractivity contribution in [2.45, 2.75) is 25.3 Å². The van der Waals surface area contributed by atoms with Gasteiger partial charge in [0.2, 0.25) is 0 Å². The summed E-state index contributed by atoms with van der Waals surface area (Å²) in [5, 5.41) is 2.26. The van der Waals surface area contributed by atoms with Crippen LogP contribution in [0.25, 0.3) is 0 Å². The highest BCUT2D eigenvalue weighted by atomic mass is 16.6. The first-order valence-corrected chi connectivity index (χ1v) is 6.74. The number of hydrogen-bond donors (Lipinski definition) is 1. The number of nitrogens with one attached hydrogen (secondary N) is 1. The summed E-state index contributed by atoms with van der Waals surface area (Å²) < 4.78 is 9.56. The van der Waals surface area contributed by atoms with Crippen LogP contribution in [0.5, 0.6) is 5.75 Å². The fourth-order valence-electron chi connectivity index (χ4n) is 1.86. The Morgan fingerprint density at radius 2 is 1.90 bits per heavy atom. The fraction of sp³-hybridized carbons (Fsp3) is 0.400. The molecule has 0 bridgehead atoms. The minimum atomic E-state index is -1.31. The van der Waals surface area contributed by atoms with Crippen molar-refractivity contribution in [3.05, 3.63) is 30.3 Å². The van der Waals surface area contributed by atoms with E-state index in [0.29, 0.717) is 11.7 Å². The zero-order valence-corrected chi connectivity index (χ0v) is 11.7. The monoisotopic (exact) mass is 291 g/mol. The highest BCUT2D eigenvalue weighted by molar-refractivity contribution is 6.05. The number of esters is 1. The number of methoxy groups -OCH3 is 1. The first-order valence-electron chi connectivity index (χ1n) is 6.74. The van der Waals surface area contributed by atoms with Crippen molar-refractivity contribution in [2.75, 3.05) is 7.11 Å². The van der Waals surface area contributed by atoms with Crippen molar-refractivity contribution in [3.8, 4) is 5.75 Å². The van der Waals surface area contributed by atoms with Gasteiger partial charge in [0.05, 0.1) is 7.11 Å². The number of amides is 1. The Hall–Kier alpha value is -2.37. The topological polar surface area (TPSA) is 81.7 Å². The molecule has 0 heterocycles. The number of ether oxygens (including phenoxy) is 2. The zero-order valence-electron chi connectivity index (χ0n) is 11.7. The molecule has 0 aromatic heterocycles. The summed E-state index contributed by atoms with van der Waals surface area (Å²) in [7, 11) is 1.17. The molecule has 21 heavy (non-hydrogen) atoms. The molecular formula is C15H17NO5. The van der Waals surface area contributed by atoms with Crippen LogP contribution in [0.4, 0.5) is 4.79 Å². The van der Waals surface area contributed by atoms with Gasteiger partial charge in [0.1, 0.15) is 5.75 Å². The van der Waals surface area contributed by atoms with E-state index in [4.69, 9.17) is 4.74 Å². The van der Waals surface area contributed by atoms with Gasteiger partial charge in [-0.05, 0) is 30.9 Å². The van der Waals surface area contributed by atoms with Gasteiger partial charge in [-0.15, -0.1) is 0 Å². The van der Waals surface area contributed by atoms with Gasteiger partial charge in [0.15, 0.2) is 11.8 Å². The van der Waals surface area contributed by atoms with Crippen LogP contribution in [-0.2, 0) is 14.3 Å². The Kier molecular flexibility index (Phi) is 4.92. The molecule has 2 rings (SSSR count). The molecule has 1 atom stereocenters. The van der Waals surface area contributed by atoms with Crippen molar-refractivity contribution >= 4 is 17.8 Å². The molecular weight excluding hydrogens is 274 g/mol. The molecule has 1 aromatic carbocycles. The summed E-state index contributed by atoms with van der Waals surface area (Å²) in [6, 6.07) is 7.07. The largest absolute Gasteiger partial charge is 0.467 e. The maximum atomic E-state index is 12.0. The van der Waals surface area contributed by atoms with Crippen LogP contribution in [-0.4, -0.2) is 31.0 Å². The molecule has 1 unspecified atom stereocenters. The first-order chi connectivity index (χ1) is 10.1. The third-order valence-electron chi connectivity index (χ3n) is 3.16. The van der Waals surface area contributed by atoms with Gasteiger partial charge in [-0.25, -0.2) is 9.59 Å². The Morgan fingerprint density at radius 1 is 1.24 bits per heavy atom. The normalized spacial score (nSPS) is 14.9. The Bertz CT molecular complexity index is 524. The van der Waals surface area contributed by atoms with Crippen LogP contribution in [0.15, 0.2) is 30.3 Å². The molecule has 0 radical (unpaired) electrons. The zero-order chi connectivity index (χ0) is 15.2. The molecule has 1 aliphatic carbocycles. The molecule has 1 aromatic rings. The van der Waals surface area contributed by atoms with Crippen LogP contribution in [0, 0.1) is 5.92 Å². The summed E-state index contributed by atoms with van der Waals surface area (Å²) in [5.41, 5.74) is 0. The molecule has 0 aliphatic heterocycles. The number of ketones is 1. The third-order valence-corrected chi connectivity index (χ3v) is 3.16. The Balaban J connectivity index is 1.95. The van der Waals surface area contributed by atoms with Crippen molar-refractivity contribution in [1.82, 2.24) is 5.32 Å². The van der Waals surface area contributed by atoms with Crippen molar-refractivity contribution < 1.29 is 23.9 Å². The van der Waals surface area contributed by atoms with E-state index in [-0.39, 0.29) is 12.2 Å². The number of rotatable bonds is 6. The predicted octanol–water partition coefficient (Wildman–Crippen LogP) is 1.69. The molecule has 1 saturated carbocycles. The molecule has 6 nitrogen and oxygen atoms in total. The molecule has 1 amide bonds. The molecule has 6 heteroatoms. The van der Waals surface area contributed by atoms with Gasteiger partial charge in [-0.3, -0.25) is 4.79 Å². The maximum Gasteiger partial charge on any atom is 0.413 e. The Morgan fingerprint density at radius 3 is 2.48 bits per heavy atom. The number of hydrogen-bond acceptors (Lipinski definition) is 5. The van der Waals surface area contributed by atoms with E-state index in [2.05, 4.69) is 10.1 Å². The summed E-state index contributed by atoms with van der Waals surface area (Å²) in [6.07, 6.45) is 1.37. The average molecular weight is 291 g/mol. The summed E-state index contributed by atoms with van der Waals surface area (Å²) in [6.45, 7) is 0. The molecule has 1 aliphatic rings. The van der Waals surface area contributed by atoms with Crippen LogP contribution in [0.3, 0.4) is 0 Å². The van der Waals surface area contributed by atoms with Crippen molar-refractivity contribution in [1.29, 1.82) is 0 Å². The van der Waals surface area contributed by atoms with Gasteiger partial charge in [0, 0.05) is 6.42 Å². The van der Waals surface area contributed by atoms with Crippen LogP contribution in [0.1, 0.15) is 19.3 Å². The van der Waals surface area contributed by atoms with Gasteiger partial charge >= 0.3 is 12.1 Å². The smallest absolute Gasteiger partial charge is 0.413 e. The van der Waals surface area contributed by atoms with Gasteiger partial charge < -0.3 is 14.8 Å². The molecule has 1 fully saturated rings. The minimum absolute atomic E-state index is 0.269. The van der Waals surface area contributed by atoms with Gasteiger partial charge in [0.25, 0.3) is 0 Å². The SMILES string of the molecule is COC(=O)C(NC(=O)Oc1ccccc1)C(=O)CC1CC1. The lowest BCUT2D eigenvalue weighted by Crippen LogP contribution is -2.48. The number of para-hydroxylation sites is 1. The lowest BCUT2D eigenvalue weighted by atomic mass is 10.1. The standard InChI is InChI=1S/C15H17NO5/c1-20-14(18)13(12(17)9-10-7-8-10)16-15(19)21-11-5-3-2-4-6-11/h2-6,10,13H,7-9H2,1H3,(H,16,19). The Labute approximate surface area is 122 Å².